The van der Waals surface area contributed by atoms with Crippen LogP contribution in [0.1, 0.15) is 30.2 Å². The average Bonchev–Trinajstić information content (AvgIpc) is 3.10. The summed E-state index contributed by atoms with van der Waals surface area (Å²) in [6.07, 6.45) is 1.09. The first-order chi connectivity index (χ1) is 14.0. The molecule has 0 aliphatic carbocycles. The molecule has 2 N–H and O–H groups in total. The van der Waals surface area contributed by atoms with Crippen molar-refractivity contribution in [1.82, 2.24) is 10.2 Å². The van der Waals surface area contributed by atoms with Crippen molar-refractivity contribution in [2.45, 2.75) is 39.0 Å². The minimum atomic E-state index is -0.269. The van der Waals surface area contributed by atoms with Gasteiger partial charge >= 0.3 is 0 Å². The molecule has 3 rings (SSSR count). The van der Waals surface area contributed by atoms with Crippen LogP contribution < -0.4 is 10.2 Å². The average molecular weight is 567 g/mol. The van der Waals surface area contributed by atoms with Gasteiger partial charge in [0.25, 0.3) is 0 Å². The van der Waals surface area contributed by atoms with Crippen molar-refractivity contribution in [2.75, 3.05) is 31.6 Å². The van der Waals surface area contributed by atoms with E-state index in [1.807, 2.05) is 48.0 Å². The van der Waals surface area contributed by atoms with Crippen molar-refractivity contribution in [3.8, 4) is 0 Å². The molecule has 1 aliphatic rings. The van der Waals surface area contributed by atoms with Gasteiger partial charge in [-0.05, 0) is 49.6 Å². The first-order valence-electron chi connectivity index (χ1n) is 9.91. The highest BCUT2D eigenvalue weighted by atomic mass is 127. The van der Waals surface area contributed by atoms with Crippen LogP contribution >= 0.6 is 46.9 Å². The van der Waals surface area contributed by atoms with E-state index in [1.54, 1.807) is 17.4 Å². The molecular formula is C21H29ClFIN4OS. The van der Waals surface area contributed by atoms with Crippen LogP contribution in [0.3, 0.4) is 0 Å². The zero-order valence-corrected chi connectivity index (χ0v) is 21.2. The zero-order valence-electron chi connectivity index (χ0n) is 17.3. The van der Waals surface area contributed by atoms with Crippen LogP contribution in [0, 0.1) is 5.82 Å². The van der Waals surface area contributed by atoms with Crippen molar-refractivity contribution in [3.05, 3.63) is 50.9 Å². The Labute approximate surface area is 204 Å². The molecule has 0 bridgehead atoms. The Hall–Kier alpha value is -1.10. The Morgan fingerprint density at radius 3 is 2.67 bits per heavy atom. The highest BCUT2D eigenvalue weighted by molar-refractivity contribution is 14.0. The molecule has 5 nitrogen and oxygen atoms in total. The number of aliphatic hydroxyl groups is 1. The van der Waals surface area contributed by atoms with Gasteiger partial charge in [0, 0.05) is 31.6 Å². The van der Waals surface area contributed by atoms with Gasteiger partial charge in [-0.1, -0.05) is 17.7 Å². The molecule has 166 valence electrons. The maximum Gasteiger partial charge on any atom is 0.194 e. The minimum absolute atomic E-state index is 0. The van der Waals surface area contributed by atoms with E-state index in [-0.39, 0.29) is 35.9 Å². The number of aliphatic hydroxyl groups excluding tert-OH is 1. The van der Waals surface area contributed by atoms with E-state index in [2.05, 4.69) is 10.3 Å². The van der Waals surface area contributed by atoms with E-state index in [4.69, 9.17) is 11.6 Å². The third-order valence-electron chi connectivity index (χ3n) is 4.95. The molecule has 1 aliphatic heterocycles. The Morgan fingerprint density at radius 1 is 1.33 bits per heavy atom. The van der Waals surface area contributed by atoms with Crippen LogP contribution in [0.4, 0.5) is 10.1 Å². The van der Waals surface area contributed by atoms with Gasteiger partial charge in [-0.2, -0.15) is 0 Å². The summed E-state index contributed by atoms with van der Waals surface area (Å²) < 4.78 is 15.4. The van der Waals surface area contributed by atoms with Gasteiger partial charge in [-0.15, -0.1) is 35.3 Å². The molecular weight excluding hydrogens is 538 g/mol. The van der Waals surface area contributed by atoms with Crippen LogP contribution in [0.5, 0.6) is 0 Å². The van der Waals surface area contributed by atoms with Gasteiger partial charge in [0.1, 0.15) is 5.82 Å². The third kappa shape index (κ3) is 6.96. The fourth-order valence-electron chi connectivity index (χ4n) is 3.39. The monoisotopic (exact) mass is 566 g/mol. The predicted octanol–water partition coefficient (Wildman–Crippen LogP) is 4.72. The smallest absolute Gasteiger partial charge is 0.194 e. The van der Waals surface area contributed by atoms with E-state index >= 15 is 0 Å². The molecule has 1 fully saturated rings. The quantitative estimate of drug-likeness (QED) is 0.302. The van der Waals surface area contributed by atoms with Crippen LogP contribution in [-0.2, 0) is 13.1 Å². The number of nitrogens with one attached hydrogen (secondary N) is 1. The molecule has 0 atom stereocenters. The van der Waals surface area contributed by atoms with E-state index in [0.29, 0.717) is 44.7 Å². The third-order valence-corrected chi connectivity index (χ3v) is 6.16. The number of halogens is 3. The Morgan fingerprint density at radius 2 is 2.07 bits per heavy atom. The first-order valence-corrected chi connectivity index (χ1v) is 11.1. The predicted molar refractivity (Wildman–Crippen MR) is 135 cm³/mol. The Kier molecular flexibility index (Phi) is 10.1. The largest absolute Gasteiger partial charge is 0.393 e. The van der Waals surface area contributed by atoms with Gasteiger partial charge in [0.15, 0.2) is 5.96 Å². The summed E-state index contributed by atoms with van der Waals surface area (Å²) >= 11 is 7.57. The van der Waals surface area contributed by atoms with E-state index in [1.165, 1.54) is 0 Å². The summed E-state index contributed by atoms with van der Waals surface area (Å²) in [5, 5.41) is 12.9. The van der Waals surface area contributed by atoms with Crippen molar-refractivity contribution in [1.29, 1.82) is 0 Å². The van der Waals surface area contributed by atoms with Gasteiger partial charge in [0.05, 0.1) is 29.2 Å². The molecule has 1 aromatic heterocycles. The van der Waals surface area contributed by atoms with Crippen LogP contribution in [0.25, 0.3) is 0 Å². The minimum Gasteiger partial charge on any atom is -0.393 e. The van der Waals surface area contributed by atoms with E-state index in [9.17, 15) is 9.50 Å². The van der Waals surface area contributed by atoms with E-state index in [0.717, 1.165) is 27.3 Å². The Balaban J connectivity index is 0.00000320. The Bertz CT molecular complexity index is 842. The summed E-state index contributed by atoms with van der Waals surface area (Å²) in [5.41, 5.74) is 1.43. The summed E-state index contributed by atoms with van der Waals surface area (Å²) in [5.74, 6) is 0.534. The summed E-state index contributed by atoms with van der Waals surface area (Å²) in [4.78, 5) is 9.86. The molecule has 1 saturated heterocycles. The second kappa shape index (κ2) is 12.1. The maximum atomic E-state index is 14.7. The maximum absolute atomic E-state index is 14.7. The number of benzene rings is 1. The fraction of sp³-hybridized carbons (Fsp3) is 0.476. The number of piperidine rings is 1. The van der Waals surface area contributed by atoms with E-state index < -0.39 is 0 Å². The fourth-order valence-corrected chi connectivity index (χ4v) is 4.53. The second-order valence-electron chi connectivity index (χ2n) is 7.24. The number of rotatable bonds is 6. The number of hydrogen-bond donors (Lipinski definition) is 2. The van der Waals surface area contributed by atoms with Crippen molar-refractivity contribution < 1.29 is 9.50 Å². The standard InChI is InChI=1S/C21H28ClFN4OS.HI/c1-3-24-21(26(2)14-17-5-7-20(22)29-17)25-13-15-4-6-19(18(23)12-15)27-10-8-16(28)9-11-27;/h4-7,12,16,28H,3,8-11,13-14H2,1-2H3,(H,24,25);1H. The molecule has 30 heavy (non-hydrogen) atoms. The highest BCUT2D eigenvalue weighted by Crippen LogP contribution is 2.25. The number of anilines is 1. The summed E-state index contributed by atoms with van der Waals surface area (Å²) in [6, 6.07) is 9.22. The van der Waals surface area contributed by atoms with Gasteiger partial charge < -0.3 is 20.2 Å². The van der Waals surface area contributed by atoms with Crippen molar-refractivity contribution in [3.63, 3.8) is 0 Å². The number of nitrogens with zero attached hydrogens (tertiary/aromatic N) is 3. The first kappa shape index (κ1) is 25.2. The van der Waals surface area contributed by atoms with Gasteiger partial charge in [-0.3, -0.25) is 0 Å². The van der Waals surface area contributed by atoms with Crippen LogP contribution in [0.15, 0.2) is 35.3 Å². The number of thiophene rings is 1. The summed E-state index contributed by atoms with van der Waals surface area (Å²) in [7, 11) is 1.98. The lowest BCUT2D eigenvalue weighted by molar-refractivity contribution is 0.145. The van der Waals surface area contributed by atoms with Gasteiger partial charge in [0.2, 0.25) is 0 Å². The molecule has 0 amide bonds. The molecule has 0 radical (unpaired) electrons. The van der Waals surface area contributed by atoms with Crippen molar-refractivity contribution >= 4 is 58.6 Å². The number of aliphatic imine (C=N–C) groups is 1. The summed E-state index contributed by atoms with van der Waals surface area (Å²) in [6.45, 7) is 5.23. The molecule has 0 spiro atoms. The molecule has 2 heterocycles. The SMILES string of the molecule is CCNC(=NCc1ccc(N2CCC(O)CC2)c(F)c1)N(C)Cc1ccc(Cl)s1.I. The molecule has 0 unspecified atom stereocenters. The lowest BCUT2D eigenvalue weighted by Crippen LogP contribution is -2.38. The normalized spacial score (nSPS) is 15.1. The second-order valence-corrected chi connectivity index (χ2v) is 9.04. The van der Waals surface area contributed by atoms with Crippen molar-refractivity contribution in [2.24, 2.45) is 4.99 Å². The molecule has 9 heteroatoms. The molecule has 0 saturated carbocycles. The lowest BCUT2D eigenvalue weighted by atomic mass is 10.1. The van der Waals surface area contributed by atoms with Gasteiger partial charge in [-0.25, -0.2) is 9.38 Å². The zero-order chi connectivity index (χ0) is 20.8. The lowest BCUT2D eigenvalue weighted by Gasteiger charge is -2.31. The number of guanidine groups is 1. The molecule has 1 aromatic carbocycles. The van der Waals surface area contributed by atoms with Crippen LogP contribution in [-0.4, -0.2) is 48.8 Å². The van der Waals surface area contributed by atoms with Crippen LogP contribution in [0.2, 0.25) is 4.34 Å². The number of hydrogen-bond acceptors (Lipinski definition) is 4. The topological polar surface area (TPSA) is 51.1 Å². The molecule has 2 aromatic rings. The highest BCUT2D eigenvalue weighted by Gasteiger charge is 2.19.